The molecule has 3 nitrogen and oxygen atoms in total. The first-order valence-electron chi connectivity index (χ1n) is 4.19. The fourth-order valence-corrected chi connectivity index (χ4v) is 1.55. The highest BCUT2D eigenvalue weighted by atomic mass is 19.4. The van der Waals surface area contributed by atoms with Gasteiger partial charge >= 0.3 is 6.18 Å². The fraction of sp³-hybridized carbons (Fsp3) is 0.222. The molecule has 1 aromatic heterocycles. The number of aryl methyl sites for hydroxylation is 1. The molecule has 15 heavy (non-hydrogen) atoms. The molecule has 0 atom stereocenters. The summed E-state index contributed by atoms with van der Waals surface area (Å²) in [6.45, 7) is 0. The van der Waals surface area contributed by atoms with Gasteiger partial charge in [0.1, 0.15) is 0 Å². The second-order valence-corrected chi connectivity index (χ2v) is 3.21. The van der Waals surface area contributed by atoms with Crippen LogP contribution < -0.4 is 5.73 Å². The maximum atomic E-state index is 12.5. The third kappa shape index (κ3) is 1.42. The average molecular weight is 215 g/mol. The topological polar surface area (TPSA) is 43.8 Å². The van der Waals surface area contributed by atoms with Crippen molar-refractivity contribution in [2.45, 2.75) is 6.18 Å². The molecule has 80 valence electrons. The summed E-state index contributed by atoms with van der Waals surface area (Å²) in [4.78, 5) is 3.50. The zero-order chi connectivity index (χ0) is 11.2. The maximum absolute atomic E-state index is 12.5. The number of aromatic nitrogens is 2. The van der Waals surface area contributed by atoms with Gasteiger partial charge in [0.2, 0.25) is 5.82 Å². The Bertz CT molecular complexity index is 513. The summed E-state index contributed by atoms with van der Waals surface area (Å²) in [5, 5.41) is 0. The number of anilines is 1. The molecule has 1 aromatic carbocycles. The van der Waals surface area contributed by atoms with E-state index < -0.39 is 12.0 Å². The Balaban J connectivity index is 2.82. The van der Waals surface area contributed by atoms with Crippen molar-refractivity contribution in [3.63, 3.8) is 0 Å². The number of nitrogen functional groups attached to an aromatic ring is 1. The van der Waals surface area contributed by atoms with Crippen LogP contribution in [0.5, 0.6) is 0 Å². The lowest BCUT2D eigenvalue weighted by molar-refractivity contribution is -0.146. The second-order valence-electron chi connectivity index (χ2n) is 3.21. The molecule has 6 heteroatoms. The number of imidazole rings is 1. The predicted octanol–water partition coefficient (Wildman–Crippen LogP) is 2.17. The fourth-order valence-electron chi connectivity index (χ4n) is 1.55. The first-order chi connectivity index (χ1) is 6.91. The Hall–Kier alpha value is -1.72. The third-order valence-corrected chi connectivity index (χ3v) is 2.18. The molecule has 0 fully saturated rings. The molecule has 0 aliphatic rings. The van der Waals surface area contributed by atoms with E-state index >= 15 is 0 Å². The van der Waals surface area contributed by atoms with Crippen LogP contribution in [0.1, 0.15) is 5.82 Å². The van der Waals surface area contributed by atoms with Crippen LogP contribution in [-0.4, -0.2) is 9.55 Å². The molecule has 0 amide bonds. The first-order valence-corrected chi connectivity index (χ1v) is 4.19. The first kappa shape index (κ1) is 9.82. The summed E-state index contributed by atoms with van der Waals surface area (Å²) in [5.74, 6) is -0.935. The van der Waals surface area contributed by atoms with Crippen LogP contribution in [0.4, 0.5) is 18.9 Å². The maximum Gasteiger partial charge on any atom is 0.449 e. The molecular formula is C9H8F3N3. The molecule has 0 radical (unpaired) electrons. The summed E-state index contributed by atoms with van der Waals surface area (Å²) in [6, 6.07) is 4.62. The van der Waals surface area contributed by atoms with Gasteiger partial charge in [-0.25, -0.2) is 4.98 Å². The van der Waals surface area contributed by atoms with E-state index in [9.17, 15) is 13.2 Å². The van der Waals surface area contributed by atoms with Crippen LogP contribution in [-0.2, 0) is 13.2 Å². The summed E-state index contributed by atoms with van der Waals surface area (Å²) in [5.41, 5.74) is 6.44. The predicted molar refractivity (Wildman–Crippen MR) is 50.1 cm³/mol. The number of rotatable bonds is 0. The van der Waals surface area contributed by atoms with E-state index in [2.05, 4.69) is 4.98 Å². The van der Waals surface area contributed by atoms with Gasteiger partial charge < -0.3 is 10.3 Å². The monoisotopic (exact) mass is 215 g/mol. The molecule has 0 unspecified atom stereocenters. The smallest absolute Gasteiger partial charge is 0.397 e. The molecule has 2 N–H and O–H groups in total. The largest absolute Gasteiger partial charge is 0.449 e. The number of hydrogen-bond acceptors (Lipinski definition) is 2. The van der Waals surface area contributed by atoms with Crippen molar-refractivity contribution in [1.82, 2.24) is 9.55 Å². The molecule has 2 rings (SSSR count). The molecule has 1 heterocycles. The minimum absolute atomic E-state index is 0.254. The summed E-state index contributed by atoms with van der Waals surface area (Å²) in [7, 11) is 1.30. The Morgan fingerprint density at radius 3 is 2.53 bits per heavy atom. The highest BCUT2D eigenvalue weighted by Crippen LogP contribution is 2.32. The van der Waals surface area contributed by atoms with E-state index in [1.165, 1.54) is 13.1 Å². The van der Waals surface area contributed by atoms with Crippen LogP contribution in [0.2, 0.25) is 0 Å². The molecule has 0 aliphatic carbocycles. The molecule has 0 bridgehead atoms. The Labute approximate surface area is 83.3 Å². The van der Waals surface area contributed by atoms with Crippen LogP contribution in [0.25, 0.3) is 11.0 Å². The number of nitrogens with two attached hydrogens (primary N) is 1. The minimum Gasteiger partial charge on any atom is -0.397 e. The van der Waals surface area contributed by atoms with Gasteiger partial charge in [0.25, 0.3) is 0 Å². The Morgan fingerprint density at radius 2 is 2.00 bits per heavy atom. The van der Waals surface area contributed by atoms with Gasteiger partial charge in [-0.1, -0.05) is 6.07 Å². The molecule has 0 spiro atoms. The number of alkyl halides is 3. The van der Waals surface area contributed by atoms with Gasteiger partial charge in [-0.15, -0.1) is 0 Å². The summed E-state index contributed by atoms with van der Waals surface area (Å²) >= 11 is 0. The van der Waals surface area contributed by atoms with Crippen LogP contribution >= 0.6 is 0 Å². The van der Waals surface area contributed by atoms with Crippen molar-refractivity contribution in [2.75, 3.05) is 5.73 Å². The number of para-hydroxylation sites is 1. The molecule has 0 aliphatic heterocycles. The molecule has 0 saturated heterocycles. The number of halogens is 3. The Kier molecular flexibility index (Phi) is 1.89. The van der Waals surface area contributed by atoms with Gasteiger partial charge in [0.15, 0.2) is 0 Å². The highest BCUT2D eigenvalue weighted by Gasteiger charge is 2.36. The second kappa shape index (κ2) is 2.88. The van der Waals surface area contributed by atoms with E-state index in [1.807, 2.05) is 0 Å². The van der Waals surface area contributed by atoms with Crippen molar-refractivity contribution in [3.05, 3.63) is 24.0 Å². The molecule has 2 aromatic rings. The number of nitrogens with zero attached hydrogens (tertiary/aromatic N) is 2. The normalized spacial score (nSPS) is 12.3. The zero-order valence-electron chi connectivity index (χ0n) is 7.84. The Morgan fingerprint density at radius 1 is 1.33 bits per heavy atom. The lowest BCUT2D eigenvalue weighted by atomic mass is 10.3. The van der Waals surface area contributed by atoms with Crippen molar-refractivity contribution < 1.29 is 13.2 Å². The number of hydrogen-bond donors (Lipinski definition) is 1. The van der Waals surface area contributed by atoms with Crippen LogP contribution in [0.3, 0.4) is 0 Å². The number of benzene rings is 1. The SMILES string of the molecule is Cn1c(C(F)(F)F)nc2cccc(N)c21. The van der Waals surface area contributed by atoms with E-state index in [1.54, 1.807) is 12.1 Å². The lowest BCUT2D eigenvalue weighted by Gasteiger charge is -2.06. The van der Waals surface area contributed by atoms with Crippen LogP contribution in [0.15, 0.2) is 18.2 Å². The van der Waals surface area contributed by atoms with Crippen molar-refractivity contribution in [1.29, 1.82) is 0 Å². The van der Waals surface area contributed by atoms with E-state index in [-0.39, 0.29) is 11.2 Å². The standard InChI is InChI=1S/C9H8F3N3/c1-15-7-5(13)3-2-4-6(7)14-8(15)9(10,11)12/h2-4H,13H2,1H3. The quantitative estimate of drug-likeness (QED) is 0.684. The van der Waals surface area contributed by atoms with Gasteiger partial charge in [0.05, 0.1) is 16.7 Å². The zero-order valence-corrected chi connectivity index (χ0v) is 7.84. The summed E-state index contributed by atoms with van der Waals surface area (Å²) < 4.78 is 38.4. The van der Waals surface area contributed by atoms with Crippen LogP contribution in [0, 0.1) is 0 Å². The van der Waals surface area contributed by atoms with Gasteiger partial charge in [-0.3, -0.25) is 0 Å². The molecule has 0 saturated carbocycles. The third-order valence-electron chi connectivity index (χ3n) is 2.18. The average Bonchev–Trinajstić information content (AvgIpc) is 2.44. The number of fused-ring (bicyclic) bond motifs is 1. The van der Waals surface area contributed by atoms with Gasteiger partial charge in [-0.2, -0.15) is 13.2 Å². The lowest BCUT2D eigenvalue weighted by Crippen LogP contribution is -2.12. The van der Waals surface area contributed by atoms with E-state index in [4.69, 9.17) is 5.73 Å². The van der Waals surface area contributed by atoms with Crippen molar-refractivity contribution in [2.24, 2.45) is 7.05 Å². The van der Waals surface area contributed by atoms with Crippen molar-refractivity contribution >= 4 is 16.7 Å². The van der Waals surface area contributed by atoms with Crippen molar-refractivity contribution in [3.8, 4) is 0 Å². The highest BCUT2D eigenvalue weighted by molar-refractivity contribution is 5.87. The summed E-state index contributed by atoms with van der Waals surface area (Å²) in [6.07, 6.45) is -4.46. The van der Waals surface area contributed by atoms with Gasteiger partial charge in [-0.05, 0) is 12.1 Å². The van der Waals surface area contributed by atoms with E-state index in [0.717, 1.165) is 4.57 Å². The molecular weight excluding hydrogens is 207 g/mol. The minimum atomic E-state index is -4.46. The van der Waals surface area contributed by atoms with Gasteiger partial charge in [0, 0.05) is 7.05 Å². The van der Waals surface area contributed by atoms with E-state index in [0.29, 0.717) is 5.52 Å².